The standard InChI is InChI=1S/C9H11N3OS2/c10-8(14)7(5-1-2-5)12-9(13)6-3-15-4-11-6/h3-5,7H,1-2H2,(H2,10,14)(H,12,13). The fourth-order valence-corrected chi connectivity index (χ4v) is 2.17. The summed E-state index contributed by atoms with van der Waals surface area (Å²) in [6.07, 6.45) is 2.17. The molecule has 1 fully saturated rings. The van der Waals surface area contributed by atoms with Crippen LogP contribution < -0.4 is 11.1 Å². The summed E-state index contributed by atoms with van der Waals surface area (Å²) in [6.45, 7) is 0. The smallest absolute Gasteiger partial charge is 0.271 e. The van der Waals surface area contributed by atoms with E-state index in [9.17, 15) is 4.79 Å². The average molecular weight is 241 g/mol. The fourth-order valence-electron chi connectivity index (χ4n) is 1.39. The van der Waals surface area contributed by atoms with Gasteiger partial charge in [0.2, 0.25) is 0 Å². The van der Waals surface area contributed by atoms with Crippen LogP contribution in [0.25, 0.3) is 0 Å². The monoisotopic (exact) mass is 241 g/mol. The van der Waals surface area contributed by atoms with E-state index in [2.05, 4.69) is 10.3 Å². The largest absolute Gasteiger partial charge is 0.392 e. The molecule has 6 heteroatoms. The van der Waals surface area contributed by atoms with Crippen molar-refractivity contribution in [2.24, 2.45) is 11.7 Å². The van der Waals surface area contributed by atoms with Gasteiger partial charge in [-0.2, -0.15) is 0 Å². The van der Waals surface area contributed by atoms with E-state index < -0.39 is 0 Å². The van der Waals surface area contributed by atoms with Gasteiger partial charge < -0.3 is 11.1 Å². The molecular weight excluding hydrogens is 230 g/mol. The minimum atomic E-state index is -0.194. The number of amides is 1. The van der Waals surface area contributed by atoms with E-state index in [1.165, 1.54) is 11.3 Å². The van der Waals surface area contributed by atoms with Gasteiger partial charge in [0.25, 0.3) is 5.91 Å². The van der Waals surface area contributed by atoms with Crippen LogP contribution >= 0.6 is 23.6 Å². The minimum absolute atomic E-state index is 0.172. The second kappa shape index (κ2) is 4.24. The molecule has 4 nitrogen and oxygen atoms in total. The first-order chi connectivity index (χ1) is 7.18. The SMILES string of the molecule is NC(=S)C(NC(=O)c1cscn1)C1CC1. The fraction of sp³-hybridized carbons (Fsp3) is 0.444. The van der Waals surface area contributed by atoms with Crippen LogP contribution in [0.4, 0.5) is 0 Å². The maximum atomic E-state index is 11.7. The Hall–Kier alpha value is -1.01. The van der Waals surface area contributed by atoms with Gasteiger partial charge >= 0.3 is 0 Å². The van der Waals surface area contributed by atoms with E-state index in [4.69, 9.17) is 18.0 Å². The molecular formula is C9H11N3OS2. The molecule has 1 heterocycles. The molecule has 3 N–H and O–H groups in total. The third-order valence-corrected chi connectivity index (χ3v) is 3.19. The molecule has 1 aromatic rings. The summed E-state index contributed by atoms with van der Waals surface area (Å²) < 4.78 is 0. The number of hydrogen-bond donors (Lipinski definition) is 2. The van der Waals surface area contributed by atoms with Gasteiger partial charge in [-0.15, -0.1) is 11.3 Å². The lowest BCUT2D eigenvalue weighted by molar-refractivity contribution is 0.0939. The van der Waals surface area contributed by atoms with Crippen molar-refractivity contribution in [1.82, 2.24) is 10.3 Å². The van der Waals surface area contributed by atoms with E-state index in [1.807, 2.05) is 0 Å². The summed E-state index contributed by atoms with van der Waals surface area (Å²) in [7, 11) is 0. The number of carbonyl (C=O) groups is 1. The van der Waals surface area contributed by atoms with Crippen LogP contribution in [0, 0.1) is 5.92 Å². The zero-order chi connectivity index (χ0) is 10.8. The van der Waals surface area contributed by atoms with Crippen LogP contribution in [-0.2, 0) is 0 Å². The van der Waals surface area contributed by atoms with Crippen molar-refractivity contribution < 1.29 is 4.79 Å². The van der Waals surface area contributed by atoms with E-state index in [0.717, 1.165) is 12.8 Å². The molecule has 0 spiro atoms. The summed E-state index contributed by atoms with van der Waals surface area (Å²) in [5.41, 5.74) is 7.64. The Kier molecular flexibility index (Phi) is 2.97. The molecule has 1 saturated carbocycles. The Labute approximate surface area is 96.9 Å². The number of nitrogens with one attached hydrogen (secondary N) is 1. The highest BCUT2D eigenvalue weighted by Gasteiger charge is 2.34. The van der Waals surface area contributed by atoms with Crippen molar-refractivity contribution in [2.45, 2.75) is 18.9 Å². The van der Waals surface area contributed by atoms with Crippen LogP contribution in [0.2, 0.25) is 0 Å². The lowest BCUT2D eigenvalue weighted by Gasteiger charge is -2.15. The van der Waals surface area contributed by atoms with E-state index >= 15 is 0 Å². The molecule has 15 heavy (non-hydrogen) atoms. The molecule has 0 aliphatic heterocycles. The molecule has 1 aliphatic carbocycles. The van der Waals surface area contributed by atoms with E-state index in [0.29, 0.717) is 16.6 Å². The maximum Gasteiger partial charge on any atom is 0.271 e. The molecule has 1 amide bonds. The van der Waals surface area contributed by atoms with Crippen molar-refractivity contribution in [3.63, 3.8) is 0 Å². The number of aromatic nitrogens is 1. The average Bonchev–Trinajstić information content (AvgIpc) is 2.87. The lowest BCUT2D eigenvalue weighted by Crippen LogP contribution is -2.45. The maximum absolute atomic E-state index is 11.7. The van der Waals surface area contributed by atoms with Crippen LogP contribution in [0.3, 0.4) is 0 Å². The Morgan fingerprint density at radius 1 is 1.73 bits per heavy atom. The summed E-state index contributed by atoms with van der Waals surface area (Å²) in [5.74, 6) is 0.228. The van der Waals surface area contributed by atoms with E-state index in [-0.39, 0.29) is 11.9 Å². The summed E-state index contributed by atoms with van der Waals surface area (Å²) in [6, 6.07) is -0.172. The number of rotatable bonds is 4. The number of nitrogens with zero attached hydrogens (tertiary/aromatic N) is 1. The van der Waals surface area contributed by atoms with Crippen LogP contribution in [0.1, 0.15) is 23.3 Å². The van der Waals surface area contributed by atoms with Gasteiger partial charge in [-0.05, 0) is 18.8 Å². The molecule has 1 atom stereocenters. The zero-order valence-corrected chi connectivity index (χ0v) is 9.61. The van der Waals surface area contributed by atoms with Gasteiger partial charge in [-0.1, -0.05) is 12.2 Å². The zero-order valence-electron chi connectivity index (χ0n) is 7.97. The van der Waals surface area contributed by atoms with Gasteiger partial charge in [-0.25, -0.2) is 4.98 Å². The summed E-state index contributed by atoms with van der Waals surface area (Å²) >= 11 is 6.32. The Bertz CT molecular complexity index is 373. The van der Waals surface area contributed by atoms with Gasteiger partial charge in [0, 0.05) is 5.38 Å². The Morgan fingerprint density at radius 2 is 2.47 bits per heavy atom. The first-order valence-corrected chi connectivity index (χ1v) is 6.02. The Morgan fingerprint density at radius 3 is 2.93 bits per heavy atom. The minimum Gasteiger partial charge on any atom is -0.392 e. The highest BCUT2D eigenvalue weighted by molar-refractivity contribution is 7.80. The molecule has 0 saturated heterocycles. The van der Waals surface area contributed by atoms with Crippen LogP contribution in [0.5, 0.6) is 0 Å². The first kappa shape index (κ1) is 10.5. The topological polar surface area (TPSA) is 68.0 Å². The Balaban J connectivity index is 2.00. The number of carbonyl (C=O) groups excluding carboxylic acids is 1. The van der Waals surface area contributed by atoms with Crippen LogP contribution in [-0.4, -0.2) is 21.9 Å². The lowest BCUT2D eigenvalue weighted by atomic mass is 10.2. The highest BCUT2D eigenvalue weighted by Crippen LogP contribution is 2.32. The third kappa shape index (κ3) is 2.51. The molecule has 1 unspecified atom stereocenters. The third-order valence-electron chi connectivity index (χ3n) is 2.35. The van der Waals surface area contributed by atoms with Crippen LogP contribution in [0.15, 0.2) is 10.9 Å². The molecule has 0 radical (unpaired) electrons. The number of thiocarbonyl (C=S) groups is 1. The van der Waals surface area contributed by atoms with Crippen molar-refractivity contribution in [3.05, 3.63) is 16.6 Å². The molecule has 80 valence electrons. The summed E-state index contributed by atoms with van der Waals surface area (Å²) in [4.78, 5) is 16.0. The quantitative estimate of drug-likeness (QED) is 0.770. The highest BCUT2D eigenvalue weighted by atomic mass is 32.1. The van der Waals surface area contributed by atoms with Gasteiger partial charge in [-0.3, -0.25) is 4.79 Å². The van der Waals surface area contributed by atoms with Gasteiger partial charge in [0.1, 0.15) is 5.69 Å². The molecule has 1 aromatic heterocycles. The van der Waals surface area contributed by atoms with E-state index in [1.54, 1.807) is 10.9 Å². The number of hydrogen-bond acceptors (Lipinski definition) is 4. The van der Waals surface area contributed by atoms with Crippen molar-refractivity contribution in [2.75, 3.05) is 0 Å². The predicted molar refractivity (Wildman–Crippen MR) is 62.9 cm³/mol. The second-order valence-corrected chi connectivity index (χ2v) is 4.75. The normalized spacial score (nSPS) is 17.1. The van der Waals surface area contributed by atoms with Gasteiger partial charge in [0.05, 0.1) is 16.5 Å². The number of nitrogens with two attached hydrogens (primary N) is 1. The van der Waals surface area contributed by atoms with Crippen molar-refractivity contribution in [3.8, 4) is 0 Å². The van der Waals surface area contributed by atoms with Gasteiger partial charge in [0.15, 0.2) is 0 Å². The molecule has 0 bridgehead atoms. The molecule has 1 aliphatic rings. The number of thiazole rings is 1. The predicted octanol–water partition coefficient (Wildman–Crippen LogP) is 0.938. The van der Waals surface area contributed by atoms with Crippen molar-refractivity contribution >= 4 is 34.5 Å². The second-order valence-electron chi connectivity index (χ2n) is 3.56. The molecule has 0 aromatic carbocycles. The van der Waals surface area contributed by atoms with Crippen molar-refractivity contribution in [1.29, 1.82) is 0 Å². The molecule has 2 rings (SSSR count). The summed E-state index contributed by atoms with van der Waals surface area (Å²) in [5, 5.41) is 4.53. The first-order valence-electron chi connectivity index (χ1n) is 4.67.